The summed E-state index contributed by atoms with van der Waals surface area (Å²) in [6.45, 7) is 2.40. The average Bonchev–Trinajstić information content (AvgIpc) is 3.19. The molecule has 8 heteroatoms. The molecule has 3 aromatic rings. The number of carbonyl (C=O) groups excluding carboxylic acids is 1. The Balaban J connectivity index is 1.47. The predicted octanol–water partition coefficient (Wildman–Crippen LogP) is 4.22. The van der Waals surface area contributed by atoms with Crippen LogP contribution in [0.4, 0.5) is 15.8 Å². The van der Waals surface area contributed by atoms with E-state index in [-0.39, 0.29) is 5.69 Å². The topological polar surface area (TPSA) is 67.6 Å². The first-order valence-corrected chi connectivity index (χ1v) is 9.14. The van der Waals surface area contributed by atoms with Gasteiger partial charge in [0.05, 0.1) is 18.9 Å². The van der Waals surface area contributed by atoms with Crippen molar-refractivity contribution < 1.29 is 18.4 Å². The van der Waals surface area contributed by atoms with Crippen LogP contribution in [-0.4, -0.2) is 37.4 Å². The average molecular weight is 402 g/mol. The Morgan fingerprint density at radius 2 is 1.96 bits per heavy atom. The van der Waals surface area contributed by atoms with Gasteiger partial charge in [-0.05, 0) is 30.3 Å². The van der Waals surface area contributed by atoms with Gasteiger partial charge in [-0.15, -0.1) is 0 Å². The van der Waals surface area contributed by atoms with E-state index in [4.69, 9.17) is 20.9 Å². The van der Waals surface area contributed by atoms with Crippen LogP contribution in [0.3, 0.4) is 0 Å². The van der Waals surface area contributed by atoms with Crippen molar-refractivity contribution in [2.75, 3.05) is 36.5 Å². The van der Waals surface area contributed by atoms with Gasteiger partial charge < -0.3 is 19.5 Å². The Kier molecular flexibility index (Phi) is 5.27. The zero-order chi connectivity index (χ0) is 19.5. The highest BCUT2D eigenvalue weighted by Gasteiger charge is 2.17. The zero-order valence-corrected chi connectivity index (χ0v) is 15.6. The number of hydrogen-bond donors (Lipinski definition) is 1. The molecule has 0 unspecified atom stereocenters. The third-order valence-electron chi connectivity index (χ3n) is 4.41. The van der Waals surface area contributed by atoms with Gasteiger partial charge >= 0.3 is 0 Å². The molecule has 6 nitrogen and oxygen atoms in total. The number of rotatable bonds is 4. The molecule has 28 heavy (non-hydrogen) atoms. The lowest BCUT2D eigenvalue weighted by molar-refractivity contribution is 0.101. The predicted molar refractivity (Wildman–Crippen MR) is 104 cm³/mol. The van der Waals surface area contributed by atoms with Gasteiger partial charge in [-0.1, -0.05) is 28.9 Å². The van der Waals surface area contributed by atoms with Gasteiger partial charge in [0.25, 0.3) is 5.91 Å². The summed E-state index contributed by atoms with van der Waals surface area (Å²) in [5.74, 6) is -0.475. The molecule has 0 saturated carbocycles. The third-order valence-corrected chi connectivity index (χ3v) is 4.64. The molecule has 1 N–H and O–H groups in total. The molecule has 1 saturated heterocycles. The van der Waals surface area contributed by atoms with Crippen LogP contribution >= 0.6 is 11.6 Å². The fourth-order valence-electron chi connectivity index (χ4n) is 3.00. The highest BCUT2D eigenvalue weighted by atomic mass is 35.5. The van der Waals surface area contributed by atoms with Crippen molar-refractivity contribution in [2.45, 2.75) is 0 Å². The normalized spacial score (nSPS) is 14.1. The van der Waals surface area contributed by atoms with Gasteiger partial charge in [0.15, 0.2) is 11.5 Å². The van der Waals surface area contributed by atoms with E-state index in [2.05, 4.69) is 10.5 Å². The van der Waals surface area contributed by atoms with Gasteiger partial charge in [0.1, 0.15) is 5.82 Å². The lowest BCUT2D eigenvalue weighted by Gasteiger charge is -2.29. The summed E-state index contributed by atoms with van der Waals surface area (Å²) in [5, 5.41) is 6.97. The van der Waals surface area contributed by atoms with E-state index < -0.39 is 11.7 Å². The molecular weight excluding hydrogens is 385 g/mol. The van der Waals surface area contributed by atoms with E-state index in [1.165, 1.54) is 12.1 Å². The van der Waals surface area contributed by atoms with Gasteiger partial charge in [-0.3, -0.25) is 4.79 Å². The van der Waals surface area contributed by atoms with Crippen LogP contribution in [0.5, 0.6) is 0 Å². The Morgan fingerprint density at radius 1 is 1.14 bits per heavy atom. The number of benzene rings is 2. The molecule has 0 radical (unpaired) electrons. The second-order valence-corrected chi connectivity index (χ2v) is 6.74. The lowest BCUT2D eigenvalue weighted by atomic mass is 10.1. The number of nitrogens with one attached hydrogen (secondary N) is 1. The Morgan fingerprint density at radius 3 is 2.71 bits per heavy atom. The van der Waals surface area contributed by atoms with Crippen LogP contribution in [0.15, 0.2) is 53.1 Å². The maximum Gasteiger partial charge on any atom is 0.277 e. The monoisotopic (exact) mass is 401 g/mol. The fourth-order valence-corrected chi connectivity index (χ4v) is 3.19. The summed E-state index contributed by atoms with van der Waals surface area (Å²) in [7, 11) is 0. The number of morpholine rings is 1. The molecule has 1 amide bonds. The molecule has 2 heterocycles. The van der Waals surface area contributed by atoms with Crippen LogP contribution in [0.25, 0.3) is 11.3 Å². The molecule has 0 aliphatic carbocycles. The Hall–Kier alpha value is -2.90. The van der Waals surface area contributed by atoms with Crippen LogP contribution in [-0.2, 0) is 4.74 Å². The van der Waals surface area contributed by atoms with E-state index in [0.29, 0.717) is 54.0 Å². The largest absolute Gasteiger partial charge is 0.378 e. The standard InChI is InChI=1S/C20H17ClFN3O3/c21-14-3-1-2-13(10-14)19-12-17(24-28-19)20(26)23-15-4-5-18(16(22)11-15)25-6-8-27-9-7-25/h1-5,10-12H,6-9H2,(H,23,26). The highest BCUT2D eigenvalue weighted by molar-refractivity contribution is 6.30. The SMILES string of the molecule is O=C(Nc1ccc(N2CCOCC2)c(F)c1)c1cc(-c2cccc(Cl)c2)on1. The van der Waals surface area contributed by atoms with Crippen molar-refractivity contribution in [3.8, 4) is 11.3 Å². The molecule has 0 spiro atoms. The van der Waals surface area contributed by atoms with Gasteiger partial charge in [0.2, 0.25) is 0 Å². The van der Waals surface area contributed by atoms with Gasteiger partial charge in [-0.2, -0.15) is 0 Å². The minimum atomic E-state index is -0.490. The Bertz CT molecular complexity index is 1000. The lowest BCUT2D eigenvalue weighted by Crippen LogP contribution is -2.36. The molecule has 0 bridgehead atoms. The maximum atomic E-state index is 14.5. The minimum absolute atomic E-state index is 0.0904. The first-order valence-electron chi connectivity index (χ1n) is 8.76. The number of halogens is 2. The quantitative estimate of drug-likeness (QED) is 0.708. The summed E-state index contributed by atoms with van der Waals surface area (Å²) in [6, 6.07) is 13.1. The van der Waals surface area contributed by atoms with Crippen LogP contribution in [0, 0.1) is 5.82 Å². The van der Waals surface area contributed by atoms with Gasteiger partial charge in [0, 0.05) is 35.4 Å². The smallest absolute Gasteiger partial charge is 0.277 e. The highest BCUT2D eigenvalue weighted by Crippen LogP contribution is 2.26. The molecule has 1 aromatic heterocycles. The van der Waals surface area contributed by atoms with Crippen molar-refractivity contribution >= 4 is 28.9 Å². The summed E-state index contributed by atoms with van der Waals surface area (Å²) in [4.78, 5) is 14.3. The van der Waals surface area contributed by atoms with E-state index >= 15 is 0 Å². The molecule has 4 rings (SSSR count). The zero-order valence-electron chi connectivity index (χ0n) is 14.8. The number of hydrogen-bond acceptors (Lipinski definition) is 5. The molecule has 2 aromatic carbocycles. The van der Waals surface area contributed by atoms with Crippen molar-refractivity contribution in [1.29, 1.82) is 0 Å². The number of aromatic nitrogens is 1. The number of amides is 1. The van der Waals surface area contributed by atoms with Crippen LogP contribution in [0.2, 0.25) is 5.02 Å². The van der Waals surface area contributed by atoms with Gasteiger partial charge in [-0.25, -0.2) is 4.39 Å². The summed E-state index contributed by atoms with van der Waals surface area (Å²) < 4.78 is 25.0. The minimum Gasteiger partial charge on any atom is -0.378 e. The molecule has 1 aliphatic rings. The van der Waals surface area contributed by atoms with Crippen molar-refractivity contribution in [3.63, 3.8) is 0 Å². The molecule has 0 atom stereocenters. The van der Waals surface area contributed by atoms with E-state index in [1.807, 2.05) is 4.90 Å². The number of carbonyl (C=O) groups is 1. The first kappa shape index (κ1) is 18.5. The molecule has 144 valence electrons. The van der Waals surface area contributed by atoms with E-state index in [0.717, 1.165) is 0 Å². The van der Waals surface area contributed by atoms with Crippen LogP contribution < -0.4 is 10.2 Å². The summed E-state index contributed by atoms with van der Waals surface area (Å²) in [5.41, 5.74) is 1.63. The van der Waals surface area contributed by atoms with Crippen molar-refractivity contribution in [1.82, 2.24) is 5.16 Å². The third kappa shape index (κ3) is 4.00. The number of nitrogens with zero attached hydrogens (tertiary/aromatic N) is 2. The fraction of sp³-hybridized carbons (Fsp3) is 0.200. The number of anilines is 2. The Labute approximate surface area is 165 Å². The summed E-state index contributed by atoms with van der Waals surface area (Å²) in [6.07, 6.45) is 0. The first-order chi connectivity index (χ1) is 13.6. The molecule has 1 aliphatic heterocycles. The molecule has 1 fully saturated rings. The summed E-state index contributed by atoms with van der Waals surface area (Å²) >= 11 is 5.97. The second-order valence-electron chi connectivity index (χ2n) is 6.31. The number of ether oxygens (including phenoxy) is 1. The second kappa shape index (κ2) is 8.00. The van der Waals surface area contributed by atoms with Crippen LogP contribution in [0.1, 0.15) is 10.5 Å². The molecular formula is C20H17ClFN3O3. The van der Waals surface area contributed by atoms with Crippen molar-refractivity contribution in [2.24, 2.45) is 0 Å². The van der Waals surface area contributed by atoms with Crippen molar-refractivity contribution in [3.05, 3.63) is 65.1 Å². The maximum absolute atomic E-state index is 14.5. The van der Waals surface area contributed by atoms with E-state index in [9.17, 15) is 9.18 Å². The van der Waals surface area contributed by atoms with E-state index in [1.54, 1.807) is 36.4 Å².